The molecule has 20 heavy (non-hydrogen) atoms. The fourth-order valence-electron chi connectivity index (χ4n) is 2.17. The van der Waals surface area contributed by atoms with Crippen LogP contribution in [0.1, 0.15) is 46.0 Å². The van der Waals surface area contributed by atoms with Gasteiger partial charge in [-0.25, -0.2) is 0 Å². The summed E-state index contributed by atoms with van der Waals surface area (Å²) in [6.45, 7) is 5.98. The van der Waals surface area contributed by atoms with E-state index in [-0.39, 0.29) is 6.10 Å². The van der Waals surface area contributed by atoms with Crippen LogP contribution in [0, 0.1) is 0 Å². The summed E-state index contributed by atoms with van der Waals surface area (Å²) in [5.74, 6) is 1.74. The second kappa shape index (κ2) is 8.15. The van der Waals surface area contributed by atoms with Gasteiger partial charge < -0.3 is 14.8 Å². The summed E-state index contributed by atoms with van der Waals surface area (Å²) < 4.78 is 11.9. The first-order valence-corrected chi connectivity index (χ1v) is 7.95. The first-order valence-electron chi connectivity index (χ1n) is 7.95. The van der Waals surface area contributed by atoms with Crippen molar-refractivity contribution in [1.82, 2.24) is 5.32 Å². The molecule has 1 fully saturated rings. The van der Waals surface area contributed by atoms with E-state index in [4.69, 9.17) is 9.47 Å². The van der Waals surface area contributed by atoms with E-state index in [1.165, 1.54) is 12.8 Å². The zero-order chi connectivity index (χ0) is 14.2. The molecule has 1 aromatic rings. The lowest BCUT2D eigenvalue weighted by Gasteiger charge is -2.21. The molecule has 0 radical (unpaired) electrons. The van der Waals surface area contributed by atoms with Gasteiger partial charge in [-0.05, 0) is 37.8 Å². The Morgan fingerprint density at radius 2 is 1.90 bits per heavy atom. The van der Waals surface area contributed by atoms with Crippen LogP contribution in [0.15, 0.2) is 24.3 Å². The molecule has 112 valence electrons. The third kappa shape index (κ3) is 5.04. The zero-order valence-electron chi connectivity index (χ0n) is 12.7. The smallest absolute Gasteiger partial charge is 0.161 e. The number of hydrogen-bond acceptors (Lipinski definition) is 3. The molecule has 1 aromatic carbocycles. The fourth-order valence-corrected chi connectivity index (χ4v) is 2.17. The Kier molecular flexibility index (Phi) is 6.19. The highest BCUT2D eigenvalue weighted by Gasteiger charge is 2.22. The number of ether oxygens (including phenoxy) is 2. The van der Waals surface area contributed by atoms with Gasteiger partial charge in [-0.2, -0.15) is 0 Å². The topological polar surface area (TPSA) is 30.5 Å². The molecule has 0 aliphatic heterocycles. The Morgan fingerprint density at radius 3 is 2.55 bits per heavy atom. The maximum Gasteiger partial charge on any atom is 0.161 e. The van der Waals surface area contributed by atoms with Gasteiger partial charge in [0.1, 0.15) is 6.10 Å². The van der Waals surface area contributed by atoms with E-state index in [0.717, 1.165) is 50.0 Å². The molecule has 3 nitrogen and oxygen atoms in total. The standard InChI is InChI=1S/C17H27NO2/c1-3-7-15(13-18-14-10-11-14)20-17-9-6-5-8-16(17)19-12-4-2/h5-6,8-9,14-15,18H,3-4,7,10-13H2,1-2H3. The Labute approximate surface area is 122 Å². The molecule has 0 amide bonds. The van der Waals surface area contributed by atoms with Crippen molar-refractivity contribution in [3.8, 4) is 11.5 Å². The van der Waals surface area contributed by atoms with Gasteiger partial charge in [0.2, 0.25) is 0 Å². The molecule has 0 heterocycles. The van der Waals surface area contributed by atoms with Gasteiger partial charge in [0.25, 0.3) is 0 Å². The van der Waals surface area contributed by atoms with Crippen LogP contribution in [-0.4, -0.2) is 25.3 Å². The maximum absolute atomic E-state index is 6.17. The molecule has 1 unspecified atom stereocenters. The average molecular weight is 277 g/mol. The van der Waals surface area contributed by atoms with Crippen molar-refractivity contribution in [3.05, 3.63) is 24.3 Å². The molecule has 1 aliphatic carbocycles. The fraction of sp³-hybridized carbons (Fsp3) is 0.647. The summed E-state index contributed by atoms with van der Waals surface area (Å²) in [5, 5.41) is 3.56. The lowest BCUT2D eigenvalue weighted by Crippen LogP contribution is -2.32. The summed E-state index contributed by atoms with van der Waals surface area (Å²) in [4.78, 5) is 0. The number of hydrogen-bond donors (Lipinski definition) is 1. The van der Waals surface area contributed by atoms with Crippen LogP contribution in [0.3, 0.4) is 0 Å². The Morgan fingerprint density at radius 1 is 1.15 bits per heavy atom. The van der Waals surface area contributed by atoms with Gasteiger partial charge in [0.15, 0.2) is 11.5 Å². The first-order chi connectivity index (χ1) is 9.83. The van der Waals surface area contributed by atoms with Gasteiger partial charge in [0.05, 0.1) is 6.61 Å². The second-order valence-corrected chi connectivity index (χ2v) is 5.51. The third-order valence-corrected chi connectivity index (χ3v) is 3.43. The lowest BCUT2D eigenvalue weighted by molar-refractivity contribution is 0.175. The van der Waals surface area contributed by atoms with Crippen LogP contribution in [0.2, 0.25) is 0 Å². The predicted molar refractivity (Wildman–Crippen MR) is 82.6 cm³/mol. The van der Waals surface area contributed by atoms with Gasteiger partial charge in [-0.1, -0.05) is 32.4 Å². The number of rotatable bonds is 10. The van der Waals surface area contributed by atoms with Crippen molar-refractivity contribution in [2.75, 3.05) is 13.2 Å². The van der Waals surface area contributed by atoms with E-state index in [0.29, 0.717) is 0 Å². The van der Waals surface area contributed by atoms with Crippen LogP contribution in [-0.2, 0) is 0 Å². The largest absolute Gasteiger partial charge is 0.490 e. The van der Waals surface area contributed by atoms with Gasteiger partial charge in [-0.3, -0.25) is 0 Å². The average Bonchev–Trinajstić information content (AvgIpc) is 3.28. The van der Waals surface area contributed by atoms with Gasteiger partial charge >= 0.3 is 0 Å². The Hall–Kier alpha value is -1.22. The van der Waals surface area contributed by atoms with Crippen molar-refractivity contribution < 1.29 is 9.47 Å². The zero-order valence-corrected chi connectivity index (χ0v) is 12.7. The highest BCUT2D eigenvalue weighted by atomic mass is 16.5. The van der Waals surface area contributed by atoms with E-state index in [1.807, 2.05) is 24.3 Å². The minimum absolute atomic E-state index is 0.229. The summed E-state index contributed by atoms with van der Waals surface area (Å²) >= 11 is 0. The molecule has 1 atom stereocenters. The molecule has 1 aliphatic rings. The van der Waals surface area contributed by atoms with Crippen molar-refractivity contribution in [2.45, 2.75) is 58.1 Å². The monoisotopic (exact) mass is 277 g/mol. The molecule has 3 heteroatoms. The van der Waals surface area contributed by atoms with E-state index < -0.39 is 0 Å². The van der Waals surface area contributed by atoms with Crippen LogP contribution in [0.5, 0.6) is 11.5 Å². The van der Waals surface area contributed by atoms with Gasteiger partial charge in [0, 0.05) is 12.6 Å². The molecule has 2 rings (SSSR count). The van der Waals surface area contributed by atoms with Crippen molar-refractivity contribution in [2.24, 2.45) is 0 Å². The molecule has 0 spiro atoms. The molecule has 1 N–H and O–H groups in total. The lowest BCUT2D eigenvalue weighted by atomic mass is 10.2. The first kappa shape index (κ1) is 15.2. The predicted octanol–water partition coefficient (Wildman–Crippen LogP) is 3.77. The van der Waals surface area contributed by atoms with Crippen LogP contribution in [0.25, 0.3) is 0 Å². The van der Waals surface area contributed by atoms with E-state index in [9.17, 15) is 0 Å². The molecule has 0 bridgehead atoms. The molecular weight excluding hydrogens is 250 g/mol. The van der Waals surface area contributed by atoms with E-state index >= 15 is 0 Å². The quantitative estimate of drug-likeness (QED) is 0.706. The van der Waals surface area contributed by atoms with Crippen LogP contribution < -0.4 is 14.8 Å². The van der Waals surface area contributed by atoms with Crippen molar-refractivity contribution >= 4 is 0 Å². The van der Waals surface area contributed by atoms with Crippen molar-refractivity contribution in [1.29, 1.82) is 0 Å². The Balaban J connectivity index is 1.92. The summed E-state index contributed by atoms with van der Waals surface area (Å²) in [6, 6.07) is 8.72. The minimum atomic E-state index is 0.229. The highest BCUT2D eigenvalue weighted by Crippen LogP contribution is 2.28. The number of para-hydroxylation sites is 2. The van der Waals surface area contributed by atoms with E-state index in [1.54, 1.807) is 0 Å². The van der Waals surface area contributed by atoms with E-state index in [2.05, 4.69) is 19.2 Å². The van der Waals surface area contributed by atoms with Crippen LogP contribution in [0.4, 0.5) is 0 Å². The van der Waals surface area contributed by atoms with Crippen molar-refractivity contribution in [3.63, 3.8) is 0 Å². The third-order valence-electron chi connectivity index (χ3n) is 3.43. The van der Waals surface area contributed by atoms with Gasteiger partial charge in [-0.15, -0.1) is 0 Å². The summed E-state index contributed by atoms with van der Waals surface area (Å²) in [7, 11) is 0. The second-order valence-electron chi connectivity index (χ2n) is 5.51. The number of benzene rings is 1. The molecule has 0 aromatic heterocycles. The normalized spacial score (nSPS) is 15.9. The molecule has 1 saturated carbocycles. The Bertz CT molecular complexity index is 390. The summed E-state index contributed by atoms with van der Waals surface area (Å²) in [5.41, 5.74) is 0. The summed E-state index contributed by atoms with van der Waals surface area (Å²) in [6.07, 6.45) is 6.07. The molecule has 0 saturated heterocycles. The minimum Gasteiger partial charge on any atom is -0.490 e. The highest BCUT2D eigenvalue weighted by molar-refractivity contribution is 5.39. The maximum atomic E-state index is 6.17. The van der Waals surface area contributed by atoms with Crippen LogP contribution >= 0.6 is 0 Å². The SMILES string of the molecule is CCCOc1ccccc1OC(CCC)CNC1CC1. The molecular formula is C17H27NO2. The number of nitrogens with one attached hydrogen (secondary N) is 1.